The third-order valence-electron chi connectivity index (χ3n) is 5.12. The molecule has 1 heterocycles. The molecule has 3 aromatic rings. The maximum atomic E-state index is 13.7. The Labute approximate surface area is 183 Å². The van der Waals surface area contributed by atoms with Gasteiger partial charge in [0.05, 0.1) is 18.7 Å². The molecule has 1 aromatic heterocycles. The van der Waals surface area contributed by atoms with Crippen LogP contribution in [0.4, 0.5) is 0 Å². The van der Waals surface area contributed by atoms with Gasteiger partial charge in [-0.3, -0.25) is 4.98 Å². The van der Waals surface area contributed by atoms with Crippen molar-refractivity contribution in [3.05, 3.63) is 95.3 Å². The largest absolute Gasteiger partial charge is 0.465 e. The van der Waals surface area contributed by atoms with Gasteiger partial charge in [0.15, 0.2) is 0 Å². The maximum Gasteiger partial charge on any atom is 0.337 e. The number of pyridine rings is 1. The van der Waals surface area contributed by atoms with E-state index in [0.717, 1.165) is 16.8 Å². The molecule has 0 amide bonds. The molecule has 3 rings (SSSR count). The number of aryl methyl sites for hydroxylation is 1. The van der Waals surface area contributed by atoms with Gasteiger partial charge in [0.1, 0.15) is 4.90 Å². The lowest BCUT2D eigenvalue weighted by molar-refractivity contribution is 0.0600. The second-order valence-corrected chi connectivity index (χ2v) is 9.10. The number of hydrogen-bond acceptors (Lipinski definition) is 5. The van der Waals surface area contributed by atoms with E-state index in [-0.39, 0.29) is 17.5 Å². The quantitative estimate of drug-likeness (QED) is 0.483. The molecule has 2 aromatic carbocycles. The Hall–Kier alpha value is -3.03. The average Bonchev–Trinajstić information content (AvgIpc) is 2.80. The zero-order chi connectivity index (χ0) is 22.4. The SMILES string of the molecule is CCC(c1ccccc1)N(Cc1ccc(C(=O)OC)cc1)S(=O)(=O)c1ccc(C)nc1. The molecule has 0 aliphatic rings. The van der Waals surface area contributed by atoms with Crippen molar-refractivity contribution in [1.29, 1.82) is 0 Å². The van der Waals surface area contributed by atoms with Crippen LogP contribution in [0.1, 0.15) is 46.6 Å². The number of nitrogens with zero attached hydrogens (tertiary/aromatic N) is 2. The number of sulfonamides is 1. The Bertz CT molecular complexity index is 1110. The fourth-order valence-electron chi connectivity index (χ4n) is 3.43. The molecule has 6 nitrogen and oxygen atoms in total. The van der Waals surface area contributed by atoms with E-state index in [0.29, 0.717) is 12.0 Å². The second-order valence-electron chi connectivity index (χ2n) is 7.21. The Morgan fingerprint density at radius 1 is 1.03 bits per heavy atom. The molecule has 0 saturated carbocycles. The highest BCUT2D eigenvalue weighted by Gasteiger charge is 2.32. The minimum Gasteiger partial charge on any atom is -0.465 e. The summed E-state index contributed by atoms with van der Waals surface area (Å²) < 4.78 is 33.6. The molecular weight excluding hydrogens is 412 g/mol. The number of rotatable bonds is 8. The molecule has 7 heteroatoms. The van der Waals surface area contributed by atoms with E-state index in [1.165, 1.54) is 17.6 Å². The van der Waals surface area contributed by atoms with Crippen LogP contribution in [0.25, 0.3) is 0 Å². The predicted octanol–water partition coefficient (Wildman–Crippen LogP) is 4.52. The van der Waals surface area contributed by atoms with Crippen LogP contribution in [0.15, 0.2) is 77.8 Å². The van der Waals surface area contributed by atoms with Crippen LogP contribution in [0.2, 0.25) is 0 Å². The van der Waals surface area contributed by atoms with Crippen LogP contribution in [0, 0.1) is 6.92 Å². The number of carbonyl (C=O) groups excluding carboxylic acids is 1. The number of carbonyl (C=O) groups is 1. The number of ether oxygens (including phenoxy) is 1. The van der Waals surface area contributed by atoms with Crippen molar-refractivity contribution >= 4 is 16.0 Å². The summed E-state index contributed by atoms with van der Waals surface area (Å²) in [6, 6.07) is 19.3. The molecule has 0 aliphatic heterocycles. The first kappa shape index (κ1) is 22.7. The van der Waals surface area contributed by atoms with Crippen LogP contribution >= 0.6 is 0 Å². The van der Waals surface area contributed by atoms with Crippen LogP contribution in [-0.4, -0.2) is 30.8 Å². The Morgan fingerprint density at radius 2 is 1.71 bits per heavy atom. The first-order valence-corrected chi connectivity index (χ1v) is 11.5. The number of aromatic nitrogens is 1. The van der Waals surface area contributed by atoms with Crippen molar-refractivity contribution < 1.29 is 17.9 Å². The zero-order valence-electron chi connectivity index (χ0n) is 17.9. The topological polar surface area (TPSA) is 76.6 Å². The van der Waals surface area contributed by atoms with E-state index in [9.17, 15) is 13.2 Å². The summed E-state index contributed by atoms with van der Waals surface area (Å²) in [5, 5.41) is 0. The molecule has 162 valence electrons. The monoisotopic (exact) mass is 438 g/mol. The lowest BCUT2D eigenvalue weighted by Gasteiger charge is -2.31. The normalized spacial score (nSPS) is 12.5. The van der Waals surface area contributed by atoms with Crippen LogP contribution < -0.4 is 0 Å². The third kappa shape index (κ3) is 5.18. The number of methoxy groups -OCH3 is 1. The van der Waals surface area contributed by atoms with E-state index in [1.54, 1.807) is 36.4 Å². The molecule has 0 bridgehead atoms. The van der Waals surface area contributed by atoms with E-state index >= 15 is 0 Å². The third-order valence-corrected chi connectivity index (χ3v) is 6.96. The van der Waals surface area contributed by atoms with Gasteiger partial charge in [0, 0.05) is 18.4 Å². The van der Waals surface area contributed by atoms with Gasteiger partial charge in [-0.25, -0.2) is 13.2 Å². The van der Waals surface area contributed by atoms with Crippen molar-refractivity contribution in [2.45, 2.75) is 37.8 Å². The lowest BCUT2D eigenvalue weighted by atomic mass is 10.0. The molecule has 0 N–H and O–H groups in total. The van der Waals surface area contributed by atoms with Gasteiger partial charge >= 0.3 is 5.97 Å². The molecule has 1 unspecified atom stereocenters. The minimum absolute atomic E-state index is 0.152. The summed E-state index contributed by atoms with van der Waals surface area (Å²) >= 11 is 0. The zero-order valence-corrected chi connectivity index (χ0v) is 18.7. The smallest absolute Gasteiger partial charge is 0.337 e. The highest BCUT2D eigenvalue weighted by molar-refractivity contribution is 7.89. The lowest BCUT2D eigenvalue weighted by Crippen LogP contribution is -2.34. The van der Waals surface area contributed by atoms with Gasteiger partial charge < -0.3 is 4.74 Å². The maximum absolute atomic E-state index is 13.7. The molecule has 0 radical (unpaired) electrons. The van der Waals surface area contributed by atoms with Crippen molar-refractivity contribution in [2.24, 2.45) is 0 Å². The molecule has 1 atom stereocenters. The standard InChI is InChI=1S/C24H26N2O4S/c1-4-23(20-8-6-5-7-9-20)26(31(28,29)22-15-10-18(2)25-16-22)17-19-11-13-21(14-12-19)24(27)30-3/h5-16,23H,4,17H2,1-3H3. The van der Waals surface area contributed by atoms with Gasteiger partial charge in [0.2, 0.25) is 10.0 Å². The average molecular weight is 439 g/mol. The van der Waals surface area contributed by atoms with E-state index in [1.807, 2.05) is 44.2 Å². The fourth-order valence-corrected chi connectivity index (χ4v) is 5.05. The van der Waals surface area contributed by atoms with Crippen molar-refractivity contribution in [1.82, 2.24) is 9.29 Å². The van der Waals surface area contributed by atoms with Gasteiger partial charge in [-0.15, -0.1) is 0 Å². The Kier molecular flexibility index (Phi) is 7.20. The van der Waals surface area contributed by atoms with E-state index in [2.05, 4.69) is 4.98 Å². The summed E-state index contributed by atoms with van der Waals surface area (Å²) in [5.41, 5.74) is 2.85. The summed E-state index contributed by atoms with van der Waals surface area (Å²) in [4.78, 5) is 16.1. The first-order chi connectivity index (χ1) is 14.9. The van der Waals surface area contributed by atoms with Crippen LogP contribution in [0.3, 0.4) is 0 Å². The molecule has 31 heavy (non-hydrogen) atoms. The summed E-state index contributed by atoms with van der Waals surface area (Å²) in [6.45, 7) is 3.94. The van der Waals surface area contributed by atoms with Crippen molar-refractivity contribution in [2.75, 3.05) is 7.11 Å². The Balaban J connectivity index is 2.03. The fraction of sp³-hybridized carbons (Fsp3) is 0.250. The molecule has 0 fully saturated rings. The summed E-state index contributed by atoms with van der Waals surface area (Å²) in [7, 11) is -2.50. The molecule has 0 saturated heterocycles. The highest BCUT2D eigenvalue weighted by atomic mass is 32.2. The minimum atomic E-state index is -3.83. The van der Waals surface area contributed by atoms with Crippen LogP contribution in [-0.2, 0) is 21.3 Å². The predicted molar refractivity (Wildman–Crippen MR) is 119 cm³/mol. The summed E-state index contributed by atoms with van der Waals surface area (Å²) in [6.07, 6.45) is 2.00. The van der Waals surface area contributed by atoms with Gasteiger partial charge in [-0.2, -0.15) is 4.31 Å². The van der Waals surface area contributed by atoms with Crippen molar-refractivity contribution in [3.63, 3.8) is 0 Å². The molecule has 0 aliphatic carbocycles. The van der Waals surface area contributed by atoms with E-state index < -0.39 is 16.0 Å². The van der Waals surface area contributed by atoms with E-state index in [4.69, 9.17) is 4.74 Å². The molecule has 0 spiro atoms. The Morgan fingerprint density at radius 3 is 2.26 bits per heavy atom. The van der Waals surface area contributed by atoms with Gasteiger partial charge in [-0.1, -0.05) is 49.4 Å². The number of esters is 1. The highest BCUT2D eigenvalue weighted by Crippen LogP contribution is 2.32. The number of benzene rings is 2. The van der Waals surface area contributed by atoms with Gasteiger partial charge in [-0.05, 0) is 48.7 Å². The van der Waals surface area contributed by atoms with Crippen LogP contribution in [0.5, 0.6) is 0 Å². The number of hydrogen-bond donors (Lipinski definition) is 0. The van der Waals surface area contributed by atoms with Gasteiger partial charge in [0.25, 0.3) is 0 Å². The molecular formula is C24H26N2O4S. The second kappa shape index (κ2) is 9.85. The first-order valence-electron chi connectivity index (χ1n) is 10.0. The summed E-state index contributed by atoms with van der Waals surface area (Å²) in [5.74, 6) is -0.433. The van der Waals surface area contributed by atoms with Crippen molar-refractivity contribution in [3.8, 4) is 0 Å².